The Morgan fingerprint density at radius 3 is 2.11 bits per heavy atom. The molecule has 1 saturated heterocycles. The van der Waals surface area contributed by atoms with E-state index in [1.165, 1.54) is 29.8 Å². The smallest absolute Gasteiger partial charge is 0.370 e. The molecule has 2 heterocycles. The van der Waals surface area contributed by atoms with Crippen LogP contribution < -0.4 is 15.5 Å². The van der Waals surface area contributed by atoms with Crippen molar-refractivity contribution in [2.75, 3.05) is 29.9 Å². The van der Waals surface area contributed by atoms with Crippen molar-refractivity contribution in [1.82, 2.24) is 10.3 Å². The molecule has 2 N–H and O–H groups in total. The van der Waals surface area contributed by atoms with E-state index in [0.717, 1.165) is 42.3 Å². The number of nitrogens with zero attached hydrogens (tertiary/aromatic N) is 3. The average Bonchev–Trinajstić information content (AvgIpc) is 3.75. The molecule has 0 bridgehead atoms. The van der Waals surface area contributed by atoms with Crippen LogP contribution in [0.1, 0.15) is 123 Å². The number of anilines is 2. The van der Waals surface area contributed by atoms with Crippen LogP contribution in [-0.2, 0) is 4.79 Å². The summed E-state index contributed by atoms with van der Waals surface area (Å²) in [4.78, 5) is 33.9. The summed E-state index contributed by atoms with van der Waals surface area (Å²) in [5.74, 6) is 0.0749. The van der Waals surface area contributed by atoms with Crippen molar-refractivity contribution >= 4 is 41.2 Å². The number of amides is 2. The Morgan fingerprint density at radius 1 is 1.09 bits per heavy atom. The number of carbonyl (C=O) groups excluding carboxylic acids is 2. The SMILES string of the molecule is CC.CC.CC.CC(F)(F)F.CC=NC=C(C)C.CCC(CCNC=O)c1nc(C(=O)Nc2ccccc2N2CCCC2)cs1. The molecule has 1 fully saturated rings. The summed E-state index contributed by atoms with van der Waals surface area (Å²) in [6, 6.07) is 7.94. The number of aromatic nitrogens is 1. The van der Waals surface area contributed by atoms with Crippen LogP contribution in [0.25, 0.3) is 0 Å². The fourth-order valence-corrected chi connectivity index (χ4v) is 4.64. The first-order valence-corrected chi connectivity index (χ1v) is 16.8. The number of aliphatic imine (C=N–C) groups is 1. The molecule has 0 aliphatic carbocycles. The van der Waals surface area contributed by atoms with E-state index in [2.05, 4.69) is 38.5 Å². The predicted octanol–water partition coefficient (Wildman–Crippen LogP) is 10.3. The highest BCUT2D eigenvalue weighted by atomic mass is 32.1. The third kappa shape index (κ3) is 23.8. The lowest BCUT2D eigenvalue weighted by Gasteiger charge is -2.21. The van der Waals surface area contributed by atoms with Crippen molar-refractivity contribution < 1.29 is 22.8 Å². The van der Waals surface area contributed by atoms with Gasteiger partial charge in [0.05, 0.1) is 16.4 Å². The first-order valence-electron chi connectivity index (χ1n) is 16.0. The molecule has 258 valence electrons. The van der Waals surface area contributed by atoms with Gasteiger partial charge in [-0.1, -0.05) is 66.2 Å². The van der Waals surface area contributed by atoms with Crippen molar-refractivity contribution in [2.24, 2.45) is 4.99 Å². The molecule has 0 saturated carbocycles. The Morgan fingerprint density at radius 2 is 1.64 bits per heavy atom. The molecule has 1 aromatic carbocycles. The van der Waals surface area contributed by atoms with Crippen LogP contribution in [0, 0.1) is 0 Å². The molecule has 1 atom stereocenters. The van der Waals surface area contributed by atoms with E-state index in [0.29, 0.717) is 18.6 Å². The molecule has 2 aromatic rings. The first-order chi connectivity index (χ1) is 21.5. The van der Waals surface area contributed by atoms with E-state index < -0.39 is 6.18 Å². The van der Waals surface area contributed by atoms with E-state index >= 15 is 0 Å². The predicted molar refractivity (Wildman–Crippen MR) is 189 cm³/mol. The van der Waals surface area contributed by atoms with Crippen molar-refractivity contribution in [3.8, 4) is 0 Å². The number of para-hydroxylation sites is 2. The van der Waals surface area contributed by atoms with Gasteiger partial charge in [-0.25, -0.2) is 4.98 Å². The minimum absolute atomic E-state index is 0.176. The van der Waals surface area contributed by atoms with Crippen molar-refractivity contribution in [3.05, 3.63) is 52.1 Å². The van der Waals surface area contributed by atoms with E-state index in [1.807, 2.05) is 92.1 Å². The fourth-order valence-electron chi connectivity index (χ4n) is 3.62. The summed E-state index contributed by atoms with van der Waals surface area (Å²) in [7, 11) is 0. The maximum absolute atomic E-state index is 12.7. The van der Waals surface area contributed by atoms with Crippen LogP contribution in [0.3, 0.4) is 0 Å². The highest BCUT2D eigenvalue weighted by Crippen LogP contribution is 2.30. The Hall–Kier alpha value is -3.21. The van der Waals surface area contributed by atoms with Gasteiger partial charge in [-0.2, -0.15) is 13.2 Å². The number of halogens is 3. The average molecular weight is 658 g/mol. The van der Waals surface area contributed by atoms with Crippen LogP contribution in [-0.4, -0.2) is 49.3 Å². The van der Waals surface area contributed by atoms with Gasteiger partial charge in [0.1, 0.15) is 5.69 Å². The number of carbonyl (C=O) groups is 2. The summed E-state index contributed by atoms with van der Waals surface area (Å²) in [5.41, 5.74) is 3.59. The molecule has 11 heteroatoms. The van der Waals surface area contributed by atoms with Crippen LogP contribution in [0.5, 0.6) is 0 Å². The Labute approximate surface area is 274 Å². The topological polar surface area (TPSA) is 86.7 Å². The van der Waals surface area contributed by atoms with E-state index in [1.54, 1.807) is 6.21 Å². The lowest BCUT2D eigenvalue weighted by atomic mass is 10.0. The molecule has 0 spiro atoms. The summed E-state index contributed by atoms with van der Waals surface area (Å²) >= 11 is 1.51. The summed E-state index contributed by atoms with van der Waals surface area (Å²) in [5, 5.41) is 8.49. The maximum Gasteiger partial charge on any atom is 0.386 e. The van der Waals surface area contributed by atoms with Crippen LogP contribution in [0.15, 0.2) is 46.4 Å². The zero-order valence-electron chi connectivity index (χ0n) is 29.3. The van der Waals surface area contributed by atoms with Gasteiger partial charge >= 0.3 is 6.18 Å². The molecule has 3 rings (SSSR count). The standard InChI is InChI=1S/C20H26N4O2S.C6H11N.C2H3F3.3C2H6/c1-2-15(9-10-21-14-25)20-23-17(13-27-20)19(26)22-16-7-3-4-8-18(16)24-11-5-6-12-24;1-4-7-5-6(2)3;1-2(3,4)5;3*1-2/h3-4,7-8,13-15H,2,5-6,9-12H2,1H3,(H,21,25)(H,22,26);4-5H,1-3H3;1H3;3*1-2H3. The maximum atomic E-state index is 12.7. The minimum atomic E-state index is -4.00. The Balaban J connectivity index is -0.000000814. The number of nitrogens with one attached hydrogen (secondary N) is 2. The molecule has 0 radical (unpaired) electrons. The number of allylic oxidation sites excluding steroid dienone is 1. The zero-order valence-corrected chi connectivity index (χ0v) is 30.2. The van der Waals surface area contributed by atoms with Gasteiger partial charge in [0.15, 0.2) is 0 Å². The molecule has 45 heavy (non-hydrogen) atoms. The molecular formula is C34H58F3N5O2S. The third-order valence-electron chi connectivity index (χ3n) is 5.40. The van der Waals surface area contributed by atoms with Crippen LogP contribution in [0.4, 0.5) is 24.5 Å². The van der Waals surface area contributed by atoms with Crippen molar-refractivity contribution in [2.45, 2.75) is 114 Å². The van der Waals surface area contributed by atoms with Crippen molar-refractivity contribution in [3.63, 3.8) is 0 Å². The Kier molecular flexibility index (Phi) is 30.3. The minimum Gasteiger partial charge on any atom is -0.370 e. The zero-order chi connectivity index (χ0) is 35.3. The number of benzene rings is 1. The molecular weight excluding hydrogens is 599 g/mol. The highest BCUT2D eigenvalue weighted by Gasteiger charge is 2.20. The lowest BCUT2D eigenvalue weighted by molar-refractivity contribution is -0.110. The fraction of sp³-hybridized carbons (Fsp3) is 0.588. The quantitative estimate of drug-likeness (QED) is 0.151. The summed E-state index contributed by atoms with van der Waals surface area (Å²) in [6.45, 7) is 22.9. The van der Waals surface area contributed by atoms with Gasteiger partial charge in [0, 0.05) is 50.3 Å². The number of hydrogen-bond donors (Lipinski definition) is 2. The molecule has 1 unspecified atom stereocenters. The lowest BCUT2D eigenvalue weighted by Crippen LogP contribution is -2.21. The number of thiazole rings is 1. The highest BCUT2D eigenvalue weighted by molar-refractivity contribution is 7.10. The van der Waals surface area contributed by atoms with Crippen molar-refractivity contribution in [1.29, 1.82) is 0 Å². The van der Waals surface area contributed by atoms with Gasteiger partial charge in [0.25, 0.3) is 5.91 Å². The Bertz CT molecular complexity index is 1060. The summed E-state index contributed by atoms with van der Waals surface area (Å²) in [6.07, 6.45) is 4.44. The normalized spacial score (nSPS) is 12.1. The molecule has 1 aromatic heterocycles. The number of rotatable bonds is 10. The molecule has 1 aliphatic heterocycles. The largest absolute Gasteiger partial charge is 0.386 e. The van der Waals surface area contributed by atoms with E-state index in [9.17, 15) is 22.8 Å². The van der Waals surface area contributed by atoms with E-state index in [-0.39, 0.29) is 18.7 Å². The second-order valence-corrected chi connectivity index (χ2v) is 9.99. The summed E-state index contributed by atoms with van der Waals surface area (Å²) < 4.78 is 31.1. The first kappa shape index (κ1) is 46.2. The number of alkyl halides is 3. The molecule has 2 amide bonds. The second kappa shape index (κ2) is 29.5. The molecule has 7 nitrogen and oxygen atoms in total. The third-order valence-corrected chi connectivity index (χ3v) is 6.41. The van der Waals surface area contributed by atoms with Crippen LogP contribution >= 0.6 is 11.3 Å². The number of hydrogen-bond acceptors (Lipinski definition) is 6. The van der Waals surface area contributed by atoms with Gasteiger partial charge < -0.3 is 15.5 Å². The molecule has 1 aliphatic rings. The second-order valence-electron chi connectivity index (χ2n) is 9.10. The van der Waals surface area contributed by atoms with Gasteiger partial charge in [-0.15, -0.1) is 11.3 Å². The van der Waals surface area contributed by atoms with Gasteiger partial charge in [0.2, 0.25) is 6.41 Å². The van der Waals surface area contributed by atoms with Gasteiger partial charge in [-0.3, -0.25) is 14.6 Å². The van der Waals surface area contributed by atoms with Crippen LogP contribution in [0.2, 0.25) is 0 Å². The van der Waals surface area contributed by atoms with E-state index in [4.69, 9.17) is 0 Å². The van der Waals surface area contributed by atoms with Gasteiger partial charge in [-0.05, 0) is 58.6 Å². The monoisotopic (exact) mass is 657 g/mol.